The number of rotatable bonds is 5. The molecular formula is C24H29ClN4OS. The molecule has 1 N–H and O–H groups in total. The summed E-state index contributed by atoms with van der Waals surface area (Å²) in [4.78, 5) is 18.6. The van der Waals surface area contributed by atoms with Gasteiger partial charge in [-0.15, -0.1) is 11.3 Å². The van der Waals surface area contributed by atoms with Crippen LogP contribution in [0.5, 0.6) is 0 Å². The molecule has 1 aliphatic heterocycles. The molecular weight excluding hydrogens is 428 g/mol. The van der Waals surface area contributed by atoms with Crippen LogP contribution in [0.25, 0.3) is 0 Å². The number of fused-ring (bicyclic) bond motifs is 1. The molecule has 5 nitrogen and oxygen atoms in total. The Hall–Kier alpha value is -1.91. The lowest BCUT2D eigenvalue weighted by atomic mass is 9.97. The predicted octanol–water partition coefficient (Wildman–Crippen LogP) is 4.69. The molecule has 2 aromatic rings. The Balaban J connectivity index is 1.30. The molecule has 1 aliphatic carbocycles. The van der Waals surface area contributed by atoms with Crippen LogP contribution < -0.4 is 5.32 Å². The van der Waals surface area contributed by atoms with Gasteiger partial charge in [-0.1, -0.05) is 36.6 Å². The van der Waals surface area contributed by atoms with Crippen molar-refractivity contribution >= 4 is 33.8 Å². The van der Waals surface area contributed by atoms with Gasteiger partial charge < -0.3 is 5.32 Å². The molecule has 0 atom stereocenters. The highest BCUT2D eigenvalue weighted by Gasteiger charge is 2.23. The fourth-order valence-electron chi connectivity index (χ4n) is 4.49. The van der Waals surface area contributed by atoms with Gasteiger partial charge in [-0.05, 0) is 48.9 Å². The topological polar surface area (TPSA) is 59.4 Å². The number of hydrogen-bond donors (Lipinski definition) is 1. The number of halogens is 1. The summed E-state index contributed by atoms with van der Waals surface area (Å²) in [5, 5.41) is 14.3. The molecule has 164 valence electrons. The molecule has 0 bridgehead atoms. The Morgan fingerprint density at radius 3 is 2.58 bits per heavy atom. The van der Waals surface area contributed by atoms with Crippen molar-refractivity contribution in [2.45, 2.75) is 45.1 Å². The van der Waals surface area contributed by atoms with Gasteiger partial charge in [0.2, 0.25) is 5.91 Å². The molecule has 7 heteroatoms. The van der Waals surface area contributed by atoms with Crippen LogP contribution in [0.15, 0.2) is 24.3 Å². The summed E-state index contributed by atoms with van der Waals surface area (Å²) in [5.74, 6) is -0.0194. The first-order valence-corrected chi connectivity index (χ1v) is 12.4. The van der Waals surface area contributed by atoms with Crippen LogP contribution in [0, 0.1) is 11.3 Å². The second-order valence-electron chi connectivity index (χ2n) is 8.46. The summed E-state index contributed by atoms with van der Waals surface area (Å²) >= 11 is 7.70. The lowest BCUT2D eigenvalue weighted by Crippen LogP contribution is -2.48. The SMILES string of the molecule is N#Cc1c(NC(=O)CN2CCN(Cc3cccc(Cl)c3)CC2)sc2c1CCCCCC2. The number of aryl methyl sites for hydroxylation is 1. The van der Waals surface area contributed by atoms with Gasteiger partial charge in [0.1, 0.15) is 11.1 Å². The molecule has 1 saturated heterocycles. The minimum Gasteiger partial charge on any atom is -0.315 e. The monoisotopic (exact) mass is 456 g/mol. The molecule has 1 fully saturated rings. The number of benzene rings is 1. The van der Waals surface area contributed by atoms with E-state index in [1.54, 1.807) is 11.3 Å². The van der Waals surface area contributed by atoms with E-state index < -0.39 is 0 Å². The van der Waals surface area contributed by atoms with E-state index in [-0.39, 0.29) is 5.91 Å². The molecule has 4 rings (SSSR count). The molecule has 0 radical (unpaired) electrons. The van der Waals surface area contributed by atoms with Gasteiger partial charge >= 0.3 is 0 Å². The second-order valence-corrected chi connectivity index (χ2v) is 10.0. The van der Waals surface area contributed by atoms with Crippen LogP contribution in [0.2, 0.25) is 5.02 Å². The van der Waals surface area contributed by atoms with Crippen LogP contribution in [0.4, 0.5) is 5.00 Å². The Kier molecular flexibility index (Phi) is 7.62. The molecule has 0 saturated carbocycles. The van der Waals surface area contributed by atoms with Crippen LogP contribution in [0.1, 0.15) is 47.3 Å². The summed E-state index contributed by atoms with van der Waals surface area (Å²) in [5.41, 5.74) is 3.09. The van der Waals surface area contributed by atoms with Gasteiger partial charge in [-0.25, -0.2) is 0 Å². The Bertz CT molecular complexity index is 959. The van der Waals surface area contributed by atoms with Crippen molar-refractivity contribution in [2.24, 2.45) is 0 Å². The highest BCUT2D eigenvalue weighted by atomic mass is 35.5. The average molecular weight is 457 g/mol. The maximum absolute atomic E-state index is 12.7. The number of amides is 1. The van der Waals surface area contributed by atoms with E-state index in [1.807, 2.05) is 18.2 Å². The van der Waals surface area contributed by atoms with Crippen molar-refractivity contribution in [3.05, 3.63) is 50.9 Å². The van der Waals surface area contributed by atoms with Crippen LogP contribution >= 0.6 is 22.9 Å². The van der Waals surface area contributed by atoms with Crippen LogP contribution in [-0.2, 0) is 24.2 Å². The number of nitrogens with one attached hydrogen (secondary N) is 1. The summed E-state index contributed by atoms with van der Waals surface area (Å²) < 4.78 is 0. The van der Waals surface area contributed by atoms with Crippen molar-refractivity contribution in [1.82, 2.24) is 9.80 Å². The Labute approximate surface area is 193 Å². The number of nitrogens with zero attached hydrogens (tertiary/aromatic N) is 3. The number of thiophene rings is 1. The fourth-order valence-corrected chi connectivity index (χ4v) is 5.96. The normalized spacial score (nSPS) is 17.9. The largest absolute Gasteiger partial charge is 0.315 e. The first-order valence-electron chi connectivity index (χ1n) is 11.2. The van der Waals surface area contributed by atoms with E-state index in [0.717, 1.165) is 62.0 Å². The Morgan fingerprint density at radius 1 is 1.10 bits per heavy atom. The molecule has 0 unspecified atom stereocenters. The van der Waals surface area contributed by atoms with Crippen LogP contribution in [-0.4, -0.2) is 48.4 Å². The zero-order valence-electron chi connectivity index (χ0n) is 17.8. The smallest absolute Gasteiger partial charge is 0.239 e. The zero-order valence-corrected chi connectivity index (χ0v) is 19.4. The summed E-state index contributed by atoms with van der Waals surface area (Å²) in [7, 11) is 0. The lowest BCUT2D eigenvalue weighted by molar-refractivity contribution is -0.117. The maximum atomic E-state index is 12.7. The van der Waals surface area contributed by atoms with Crippen molar-refractivity contribution in [3.8, 4) is 6.07 Å². The summed E-state index contributed by atoms with van der Waals surface area (Å²) in [6.07, 6.45) is 6.77. The molecule has 0 spiro atoms. The average Bonchev–Trinajstić information content (AvgIpc) is 3.04. The third kappa shape index (κ3) is 5.87. The molecule has 31 heavy (non-hydrogen) atoms. The second kappa shape index (κ2) is 10.6. The highest BCUT2D eigenvalue weighted by Crippen LogP contribution is 2.36. The van der Waals surface area contributed by atoms with Crippen molar-refractivity contribution in [2.75, 3.05) is 38.0 Å². The van der Waals surface area contributed by atoms with Crippen molar-refractivity contribution in [1.29, 1.82) is 5.26 Å². The van der Waals surface area contributed by atoms with Crippen LogP contribution in [0.3, 0.4) is 0 Å². The third-order valence-corrected chi connectivity index (χ3v) is 7.61. The summed E-state index contributed by atoms with van der Waals surface area (Å²) in [6.45, 7) is 4.83. The minimum atomic E-state index is -0.0194. The van der Waals surface area contributed by atoms with E-state index in [1.165, 1.54) is 35.3 Å². The summed E-state index contributed by atoms with van der Waals surface area (Å²) in [6, 6.07) is 10.4. The molecule has 2 aliphatic rings. The number of carbonyl (C=O) groups is 1. The van der Waals surface area contributed by atoms with E-state index >= 15 is 0 Å². The Morgan fingerprint density at radius 2 is 1.84 bits per heavy atom. The quantitative estimate of drug-likeness (QED) is 0.709. The standard InChI is InChI=1S/C24H29ClN4OS/c25-19-7-5-6-18(14-19)16-28-10-12-29(13-11-28)17-23(30)27-24-21(15-26)20-8-3-1-2-4-9-22(20)31-24/h5-7,14H,1-4,8-13,16-17H2,(H,27,30). The van der Waals surface area contributed by atoms with Gasteiger partial charge in [-0.3, -0.25) is 14.6 Å². The van der Waals surface area contributed by atoms with Gasteiger partial charge in [-0.2, -0.15) is 5.26 Å². The maximum Gasteiger partial charge on any atom is 0.239 e. The van der Waals surface area contributed by atoms with Gasteiger partial charge in [0, 0.05) is 42.6 Å². The molecule has 2 heterocycles. The zero-order chi connectivity index (χ0) is 21.6. The van der Waals surface area contributed by atoms with Gasteiger partial charge in [0.25, 0.3) is 0 Å². The molecule has 1 amide bonds. The van der Waals surface area contributed by atoms with Crippen molar-refractivity contribution < 1.29 is 4.79 Å². The third-order valence-electron chi connectivity index (χ3n) is 6.16. The number of anilines is 1. The number of carbonyl (C=O) groups excluding carboxylic acids is 1. The number of piperazine rings is 1. The van der Waals surface area contributed by atoms with E-state index in [0.29, 0.717) is 12.1 Å². The van der Waals surface area contributed by atoms with Gasteiger partial charge in [0.15, 0.2) is 0 Å². The highest BCUT2D eigenvalue weighted by molar-refractivity contribution is 7.16. The number of hydrogen-bond acceptors (Lipinski definition) is 5. The molecule has 1 aromatic carbocycles. The molecule has 1 aromatic heterocycles. The fraction of sp³-hybridized carbons (Fsp3) is 0.500. The number of nitriles is 1. The van der Waals surface area contributed by atoms with E-state index in [9.17, 15) is 10.1 Å². The lowest BCUT2D eigenvalue weighted by Gasteiger charge is -2.34. The van der Waals surface area contributed by atoms with Crippen molar-refractivity contribution in [3.63, 3.8) is 0 Å². The first-order chi connectivity index (χ1) is 15.1. The first kappa shape index (κ1) is 22.3. The minimum absolute atomic E-state index is 0.0194. The van der Waals surface area contributed by atoms with E-state index in [4.69, 9.17) is 11.6 Å². The predicted molar refractivity (Wildman–Crippen MR) is 127 cm³/mol. The van der Waals surface area contributed by atoms with E-state index in [2.05, 4.69) is 27.3 Å². The van der Waals surface area contributed by atoms with Gasteiger partial charge in [0.05, 0.1) is 12.1 Å².